The Morgan fingerprint density at radius 3 is 2.27 bits per heavy atom. The summed E-state index contributed by atoms with van der Waals surface area (Å²) in [6, 6.07) is 5.64. The molecule has 1 aromatic carbocycles. The molecule has 0 aromatic heterocycles. The first-order chi connectivity index (χ1) is 5.25. The van der Waals surface area contributed by atoms with Crippen molar-refractivity contribution in [2.45, 2.75) is 5.02 Å². The van der Waals surface area contributed by atoms with Gasteiger partial charge in [-0.1, -0.05) is 0 Å². The van der Waals surface area contributed by atoms with E-state index in [1.54, 1.807) is 0 Å². The van der Waals surface area contributed by atoms with Gasteiger partial charge < -0.3 is 0 Å². The van der Waals surface area contributed by atoms with Crippen molar-refractivity contribution >= 4 is 36.8 Å². The van der Waals surface area contributed by atoms with E-state index in [1.807, 2.05) is 18.2 Å². The molecular weight excluding hydrogens is 300 g/mol. The van der Waals surface area contributed by atoms with Crippen LogP contribution < -0.4 is 0 Å². The Morgan fingerprint density at radius 2 is 1.82 bits per heavy atom. The Kier molecular flexibility index (Phi) is 4.37. The molecule has 0 atom stereocenters. The Bertz CT molecular complexity index is 232. The van der Waals surface area contributed by atoms with Gasteiger partial charge in [0.1, 0.15) is 0 Å². The number of halogens is 3. The van der Waals surface area contributed by atoms with Crippen LogP contribution in [0.4, 0.5) is 0 Å². The first kappa shape index (κ1) is 9.99. The fraction of sp³-hybridized carbons (Fsp3) is 0.143. The molecule has 4 heteroatoms. The summed E-state index contributed by atoms with van der Waals surface area (Å²) in [5, 5.41) is 2.65. The van der Waals surface area contributed by atoms with Crippen molar-refractivity contribution in [3.63, 3.8) is 0 Å². The first-order valence-electron chi connectivity index (χ1n) is 3.24. The zero-order valence-electron chi connectivity index (χ0n) is 5.78. The van der Waals surface area contributed by atoms with Gasteiger partial charge in [0.15, 0.2) is 0 Å². The van der Waals surface area contributed by atoms with E-state index < -0.39 is 15.2 Å². The third-order valence-corrected chi connectivity index (χ3v) is 5.62. The van der Waals surface area contributed by atoms with Crippen molar-refractivity contribution in [3.8, 4) is 0 Å². The maximum absolute atomic E-state index is 5.93. The Labute approximate surface area is 90.2 Å². The number of hydrogen-bond acceptors (Lipinski definition) is 0. The average molecular weight is 305 g/mol. The van der Waals surface area contributed by atoms with Crippen molar-refractivity contribution in [1.29, 1.82) is 0 Å². The van der Waals surface area contributed by atoms with Gasteiger partial charge in [-0.15, -0.1) is 0 Å². The van der Waals surface area contributed by atoms with E-state index in [0.717, 1.165) is 20.6 Å². The molecule has 1 rings (SSSR count). The van der Waals surface area contributed by atoms with Crippen LogP contribution in [0.2, 0.25) is 10.0 Å². The van der Waals surface area contributed by atoms with Gasteiger partial charge in [0.05, 0.1) is 0 Å². The number of rotatable bonds is 2. The molecule has 56 valence electrons. The zero-order valence-corrected chi connectivity index (χ0v) is 11.8. The Morgan fingerprint density at radius 1 is 1.27 bits per heavy atom. The monoisotopic (exact) mass is 302 g/mol. The van der Waals surface area contributed by atoms with E-state index in [2.05, 4.69) is 13.6 Å². The van der Waals surface area contributed by atoms with E-state index in [1.165, 1.54) is 0 Å². The summed E-state index contributed by atoms with van der Waals surface area (Å²) in [6.45, 7) is 0. The van der Waals surface area contributed by atoms with Crippen LogP contribution in [0.15, 0.2) is 18.2 Å². The quantitative estimate of drug-likeness (QED) is 0.727. The fourth-order valence-corrected chi connectivity index (χ4v) is 5.70. The number of benzene rings is 1. The van der Waals surface area contributed by atoms with Crippen molar-refractivity contribution in [2.75, 3.05) is 0 Å². The molecule has 0 bridgehead atoms. The van der Waals surface area contributed by atoms with E-state index in [0.29, 0.717) is 0 Å². The summed E-state index contributed by atoms with van der Waals surface area (Å²) in [5.74, 6) is 0. The predicted octanol–water partition coefficient (Wildman–Crippen LogP) is 3.89. The second-order valence-corrected chi connectivity index (χ2v) is 8.92. The molecule has 0 saturated carbocycles. The molecule has 0 aliphatic carbocycles. The van der Waals surface area contributed by atoms with Gasteiger partial charge in [-0.3, -0.25) is 0 Å². The van der Waals surface area contributed by atoms with Crippen molar-refractivity contribution in [2.24, 2.45) is 0 Å². The summed E-state index contributed by atoms with van der Waals surface area (Å²) in [5.41, 5.74) is 1.10. The van der Waals surface area contributed by atoms with Crippen LogP contribution in [0.3, 0.4) is 0 Å². The Balaban J connectivity index is 3.00. The SMILES string of the molecule is Clc1cccc(Cl)c1[CH2][Zn][Br]. The van der Waals surface area contributed by atoms with Gasteiger partial charge in [-0.05, 0) is 0 Å². The van der Waals surface area contributed by atoms with Gasteiger partial charge in [-0.25, -0.2) is 0 Å². The molecule has 0 nitrogen and oxygen atoms in total. The molecule has 0 heterocycles. The summed E-state index contributed by atoms with van der Waals surface area (Å²) >= 11 is 14.8. The summed E-state index contributed by atoms with van der Waals surface area (Å²) in [6.07, 6.45) is 0. The summed E-state index contributed by atoms with van der Waals surface area (Å²) in [7, 11) is 0. The molecule has 0 saturated heterocycles. The Hall–Kier alpha value is 0.903. The van der Waals surface area contributed by atoms with Crippen LogP contribution in [0.5, 0.6) is 0 Å². The van der Waals surface area contributed by atoms with Gasteiger partial charge in [0.2, 0.25) is 0 Å². The third kappa shape index (κ3) is 2.70. The van der Waals surface area contributed by atoms with Crippen LogP contribution in [-0.2, 0) is 20.2 Å². The third-order valence-electron chi connectivity index (χ3n) is 1.41. The molecule has 0 unspecified atom stereocenters. The molecule has 1 aromatic rings. The van der Waals surface area contributed by atoms with Crippen molar-refractivity contribution < 1.29 is 15.2 Å². The molecule has 0 radical (unpaired) electrons. The molecule has 11 heavy (non-hydrogen) atoms. The molecule has 0 spiro atoms. The molecule has 0 aliphatic heterocycles. The van der Waals surface area contributed by atoms with E-state index in [9.17, 15) is 0 Å². The number of hydrogen-bond donors (Lipinski definition) is 0. The molecule has 0 aliphatic rings. The van der Waals surface area contributed by atoms with Crippen LogP contribution in [-0.4, -0.2) is 0 Å². The van der Waals surface area contributed by atoms with Gasteiger partial charge in [-0.2, -0.15) is 0 Å². The second-order valence-electron chi connectivity index (χ2n) is 2.14. The van der Waals surface area contributed by atoms with Crippen LogP contribution in [0.1, 0.15) is 5.56 Å². The van der Waals surface area contributed by atoms with E-state index in [4.69, 9.17) is 23.2 Å². The predicted molar refractivity (Wildman–Crippen MR) is 49.1 cm³/mol. The maximum atomic E-state index is 5.93. The summed E-state index contributed by atoms with van der Waals surface area (Å²) < 4.78 is 0. The van der Waals surface area contributed by atoms with Gasteiger partial charge in [0.25, 0.3) is 0 Å². The molecular formula is C7H5BrCl2Zn. The van der Waals surface area contributed by atoms with E-state index in [-0.39, 0.29) is 0 Å². The van der Waals surface area contributed by atoms with Crippen LogP contribution in [0, 0.1) is 0 Å². The summed E-state index contributed by atoms with van der Waals surface area (Å²) in [4.78, 5) is 0. The van der Waals surface area contributed by atoms with Crippen LogP contribution >= 0.6 is 36.8 Å². The van der Waals surface area contributed by atoms with Crippen molar-refractivity contribution in [1.82, 2.24) is 0 Å². The van der Waals surface area contributed by atoms with Crippen molar-refractivity contribution in [3.05, 3.63) is 33.8 Å². The topological polar surface area (TPSA) is 0 Å². The van der Waals surface area contributed by atoms with Crippen LogP contribution in [0.25, 0.3) is 0 Å². The standard InChI is InChI=1S/C7H5Cl2.BrH.Zn/c1-5-6(8)3-2-4-7(5)9;;/h2-4H,1H2;1H;/q;;+1/p-1. The molecule has 0 N–H and O–H groups in total. The molecule has 0 amide bonds. The second kappa shape index (κ2) is 4.81. The van der Waals surface area contributed by atoms with Gasteiger partial charge in [0, 0.05) is 0 Å². The minimum atomic E-state index is -0.558. The first-order valence-corrected chi connectivity index (χ1v) is 13.0. The zero-order chi connectivity index (χ0) is 8.27. The van der Waals surface area contributed by atoms with Gasteiger partial charge >= 0.3 is 90.8 Å². The average Bonchev–Trinajstić information content (AvgIpc) is 1.97. The fourth-order valence-electron chi connectivity index (χ4n) is 0.866. The van der Waals surface area contributed by atoms with E-state index >= 15 is 0 Å². The normalized spacial score (nSPS) is 9.36. The molecule has 0 fully saturated rings. The minimum absolute atomic E-state index is 0.558.